The van der Waals surface area contributed by atoms with Gasteiger partial charge in [0.05, 0.1) is 0 Å². The van der Waals surface area contributed by atoms with Gasteiger partial charge in [-0.15, -0.1) is 0 Å². The van der Waals surface area contributed by atoms with Crippen molar-refractivity contribution in [2.45, 2.75) is 57.8 Å². The maximum absolute atomic E-state index is 12.7. The molecular weight excluding hydrogens is 326 g/mol. The summed E-state index contributed by atoms with van der Waals surface area (Å²) in [4.78, 5) is 19.2. The summed E-state index contributed by atoms with van der Waals surface area (Å²) in [5, 5.41) is 4.13. The third-order valence-corrected chi connectivity index (χ3v) is 5.72. The van der Waals surface area contributed by atoms with E-state index < -0.39 is 0 Å². The zero-order chi connectivity index (χ0) is 17.8. The Morgan fingerprint density at radius 1 is 1.12 bits per heavy atom. The van der Waals surface area contributed by atoms with Crippen LogP contribution in [-0.4, -0.2) is 34.0 Å². The zero-order valence-corrected chi connectivity index (χ0v) is 15.3. The van der Waals surface area contributed by atoms with Crippen molar-refractivity contribution in [3.05, 3.63) is 35.7 Å². The maximum Gasteiger partial charge on any atom is 0.253 e. The minimum atomic E-state index is 0.108. The Hall–Kier alpha value is -2.17. The molecule has 5 nitrogen and oxygen atoms in total. The monoisotopic (exact) mass is 353 g/mol. The Bertz CT molecular complexity index is 743. The third-order valence-electron chi connectivity index (χ3n) is 5.72. The first kappa shape index (κ1) is 17.3. The van der Waals surface area contributed by atoms with Crippen LogP contribution in [0.3, 0.4) is 0 Å². The van der Waals surface area contributed by atoms with Crippen LogP contribution >= 0.6 is 0 Å². The number of carbonyl (C=O) groups excluding carboxylic acids is 1. The molecule has 0 spiro atoms. The van der Waals surface area contributed by atoms with E-state index in [1.807, 2.05) is 29.2 Å². The summed E-state index contributed by atoms with van der Waals surface area (Å²) in [5.41, 5.74) is 1.56. The Labute approximate surface area is 154 Å². The number of benzene rings is 1. The average Bonchev–Trinajstić information content (AvgIpc) is 3.38. The van der Waals surface area contributed by atoms with Crippen LogP contribution in [0.2, 0.25) is 0 Å². The molecule has 2 aromatic rings. The number of aryl methyl sites for hydroxylation is 1. The molecule has 138 valence electrons. The van der Waals surface area contributed by atoms with Crippen LogP contribution in [0.25, 0.3) is 11.4 Å². The SMILES string of the molecule is O=C(c1cccc(-c2noc(CCC3CCCC3)n2)c1)N1CCCCC1. The van der Waals surface area contributed by atoms with Crippen molar-refractivity contribution in [2.24, 2.45) is 5.92 Å². The third kappa shape index (κ3) is 3.97. The van der Waals surface area contributed by atoms with Gasteiger partial charge < -0.3 is 9.42 Å². The van der Waals surface area contributed by atoms with Crippen molar-refractivity contribution in [1.29, 1.82) is 0 Å². The summed E-state index contributed by atoms with van der Waals surface area (Å²) in [6.45, 7) is 1.72. The number of piperidine rings is 1. The van der Waals surface area contributed by atoms with Crippen LogP contribution in [0.1, 0.15) is 67.6 Å². The van der Waals surface area contributed by atoms with E-state index in [4.69, 9.17) is 4.52 Å². The predicted octanol–water partition coefficient (Wildman–Crippen LogP) is 4.49. The molecular formula is C21H27N3O2. The van der Waals surface area contributed by atoms with Gasteiger partial charge in [0.25, 0.3) is 5.91 Å². The molecule has 2 fully saturated rings. The molecule has 1 saturated carbocycles. The molecule has 0 atom stereocenters. The maximum atomic E-state index is 12.7. The van der Waals surface area contributed by atoms with Crippen LogP contribution in [-0.2, 0) is 6.42 Å². The lowest BCUT2D eigenvalue weighted by atomic mass is 10.0. The molecule has 26 heavy (non-hydrogen) atoms. The van der Waals surface area contributed by atoms with E-state index in [0.29, 0.717) is 17.3 Å². The normalized spacial score (nSPS) is 18.4. The topological polar surface area (TPSA) is 59.2 Å². The summed E-state index contributed by atoms with van der Waals surface area (Å²) < 4.78 is 5.44. The molecule has 1 saturated heterocycles. The Kier molecular flexibility index (Phi) is 5.32. The highest BCUT2D eigenvalue weighted by Gasteiger charge is 2.20. The van der Waals surface area contributed by atoms with Crippen LogP contribution in [0.15, 0.2) is 28.8 Å². The van der Waals surface area contributed by atoms with Crippen molar-refractivity contribution < 1.29 is 9.32 Å². The highest BCUT2D eigenvalue weighted by atomic mass is 16.5. The predicted molar refractivity (Wildman–Crippen MR) is 99.8 cm³/mol. The van der Waals surface area contributed by atoms with E-state index in [1.54, 1.807) is 0 Å². The standard InChI is InChI=1S/C21H27N3O2/c25-21(24-13-4-1-5-14-24)18-10-6-9-17(15-18)20-22-19(26-23-20)12-11-16-7-2-3-8-16/h6,9-10,15-16H,1-5,7-8,11-14H2. The van der Waals surface area contributed by atoms with Crippen LogP contribution in [0.5, 0.6) is 0 Å². The van der Waals surface area contributed by atoms with E-state index in [2.05, 4.69) is 10.1 Å². The van der Waals surface area contributed by atoms with Gasteiger partial charge in [-0.05, 0) is 43.7 Å². The second-order valence-corrected chi connectivity index (χ2v) is 7.63. The number of aromatic nitrogens is 2. The van der Waals surface area contributed by atoms with Gasteiger partial charge in [0.2, 0.25) is 11.7 Å². The lowest BCUT2D eigenvalue weighted by Gasteiger charge is -2.26. The van der Waals surface area contributed by atoms with Gasteiger partial charge in [-0.1, -0.05) is 43.0 Å². The van der Waals surface area contributed by atoms with Crippen molar-refractivity contribution in [2.75, 3.05) is 13.1 Å². The summed E-state index contributed by atoms with van der Waals surface area (Å²) in [6.07, 6.45) is 10.8. The highest BCUT2D eigenvalue weighted by Crippen LogP contribution is 2.29. The smallest absolute Gasteiger partial charge is 0.253 e. The van der Waals surface area contributed by atoms with Gasteiger partial charge >= 0.3 is 0 Å². The number of hydrogen-bond donors (Lipinski definition) is 0. The lowest BCUT2D eigenvalue weighted by molar-refractivity contribution is 0.0724. The Morgan fingerprint density at radius 2 is 1.92 bits per heavy atom. The number of likely N-dealkylation sites (tertiary alicyclic amines) is 1. The second-order valence-electron chi connectivity index (χ2n) is 7.63. The first-order chi connectivity index (χ1) is 12.8. The molecule has 5 heteroatoms. The fraction of sp³-hybridized carbons (Fsp3) is 0.571. The van der Waals surface area contributed by atoms with Crippen molar-refractivity contribution >= 4 is 5.91 Å². The van der Waals surface area contributed by atoms with Gasteiger partial charge in [-0.3, -0.25) is 4.79 Å². The quantitative estimate of drug-likeness (QED) is 0.795. The van der Waals surface area contributed by atoms with Crippen LogP contribution in [0, 0.1) is 5.92 Å². The molecule has 0 N–H and O–H groups in total. The summed E-state index contributed by atoms with van der Waals surface area (Å²) in [7, 11) is 0. The van der Waals surface area contributed by atoms with Gasteiger partial charge in [-0.2, -0.15) is 4.98 Å². The fourth-order valence-corrected chi connectivity index (χ4v) is 4.17. The molecule has 4 rings (SSSR count). The minimum Gasteiger partial charge on any atom is -0.339 e. The lowest BCUT2D eigenvalue weighted by Crippen LogP contribution is -2.35. The largest absolute Gasteiger partial charge is 0.339 e. The van der Waals surface area contributed by atoms with E-state index >= 15 is 0 Å². The van der Waals surface area contributed by atoms with Gasteiger partial charge in [0.15, 0.2) is 0 Å². The molecule has 0 unspecified atom stereocenters. The Morgan fingerprint density at radius 3 is 2.73 bits per heavy atom. The number of hydrogen-bond acceptors (Lipinski definition) is 4. The summed E-state index contributed by atoms with van der Waals surface area (Å²) in [5.74, 6) is 2.21. The molecule has 0 bridgehead atoms. The summed E-state index contributed by atoms with van der Waals surface area (Å²) in [6, 6.07) is 7.61. The first-order valence-corrected chi connectivity index (χ1v) is 10.0. The second kappa shape index (κ2) is 8.02. The number of rotatable bonds is 5. The van der Waals surface area contributed by atoms with Crippen molar-refractivity contribution in [3.63, 3.8) is 0 Å². The number of nitrogens with zero attached hydrogens (tertiary/aromatic N) is 3. The molecule has 1 amide bonds. The first-order valence-electron chi connectivity index (χ1n) is 10.0. The molecule has 0 radical (unpaired) electrons. The molecule has 1 aliphatic heterocycles. The van der Waals surface area contributed by atoms with E-state index in [9.17, 15) is 4.79 Å². The zero-order valence-electron chi connectivity index (χ0n) is 15.3. The van der Waals surface area contributed by atoms with Gasteiger partial charge in [0.1, 0.15) is 0 Å². The molecule has 1 aliphatic carbocycles. The molecule has 1 aromatic heterocycles. The van der Waals surface area contributed by atoms with E-state index in [1.165, 1.54) is 32.1 Å². The highest BCUT2D eigenvalue weighted by molar-refractivity contribution is 5.95. The van der Waals surface area contributed by atoms with Crippen LogP contribution < -0.4 is 0 Å². The molecule has 2 aliphatic rings. The number of carbonyl (C=O) groups is 1. The molecule has 2 heterocycles. The van der Waals surface area contributed by atoms with Crippen LogP contribution in [0.4, 0.5) is 0 Å². The number of amides is 1. The summed E-state index contributed by atoms with van der Waals surface area (Å²) >= 11 is 0. The fourth-order valence-electron chi connectivity index (χ4n) is 4.17. The van der Waals surface area contributed by atoms with Gasteiger partial charge in [-0.25, -0.2) is 0 Å². The van der Waals surface area contributed by atoms with Crippen molar-refractivity contribution in [1.82, 2.24) is 15.0 Å². The molecule has 1 aromatic carbocycles. The van der Waals surface area contributed by atoms with E-state index in [0.717, 1.165) is 50.3 Å². The minimum absolute atomic E-state index is 0.108. The average molecular weight is 353 g/mol. The Balaban J connectivity index is 1.43. The van der Waals surface area contributed by atoms with Crippen molar-refractivity contribution in [3.8, 4) is 11.4 Å². The van der Waals surface area contributed by atoms with E-state index in [-0.39, 0.29) is 5.91 Å². The van der Waals surface area contributed by atoms with Gasteiger partial charge in [0, 0.05) is 30.6 Å².